The second kappa shape index (κ2) is 3.27. The Kier molecular flexibility index (Phi) is 2.22. The van der Waals surface area contributed by atoms with Crippen LogP contribution >= 0.6 is 0 Å². The van der Waals surface area contributed by atoms with Crippen LogP contribution in [0.2, 0.25) is 0 Å². The first kappa shape index (κ1) is 11.6. The number of esters is 1. The van der Waals surface area contributed by atoms with Crippen molar-refractivity contribution >= 4 is 5.97 Å². The van der Waals surface area contributed by atoms with Gasteiger partial charge in [0, 0.05) is 0 Å². The molecule has 0 radical (unpaired) electrons. The molecule has 0 spiro atoms. The summed E-state index contributed by atoms with van der Waals surface area (Å²) in [7, 11) is 0. The van der Waals surface area contributed by atoms with E-state index in [0.717, 1.165) is 25.2 Å². The van der Waals surface area contributed by atoms with Crippen LogP contribution in [0, 0.1) is 22.2 Å². The normalized spacial score (nSPS) is 51.6. The van der Waals surface area contributed by atoms with E-state index in [1.54, 1.807) is 0 Å². The van der Waals surface area contributed by atoms with Gasteiger partial charge in [-0.15, -0.1) is 0 Å². The van der Waals surface area contributed by atoms with Crippen LogP contribution in [-0.4, -0.2) is 12.6 Å². The molecule has 4 bridgehead atoms. The Labute approximate surface area is 104 Å². The third-order valence-corrected chi connectivity index (χ3v) is 5.33. The van der Waals surface area contributed by atoms with E-state index in [0.29, 0.717) is 17.4 Å². The van der Waals surface area contributed by atoms with E-state index in [9.17, 15) is 4.79 Å². The molecule has 0 aliphatic heterocycles. The summed E-state index contributed by atoms with van der Waals surface area (Å²) < 4.78 is 5.38. The van der Waals surface area contributed by atoms with Crippen LogP contribution in [0.4, 0.5) is 0 Å². The third kappa shape index (κ3) is 1.63. The SMILES string of the molecule is CCOC(=O)C12CC3C[C@@](C)(C1)C[C@](C)(C3)C2. The number of carbonyl (C=O) groups excluding carboxylic acids is 1. The zero-order valence-electron chi connectivity index (χ0n) is 11.3. The zero-order chi connectivity index (χ0) is 12.3. The van der Waals surface area contributed by atoms with Crippen molar-refractivity contribution in [1.82, 2.24) is 0 Å². The summed E-state index contributed by atoms with van der Waals surface area (Å²) in [4.78, 5) is 12.4. The zero-order valence-corrected chi connectivity index (χ0v) is 11.3. The fourth-order valence-electron chi connectivity index (χ4n) is 5.96. The largest absolute Gasteiger partial charge is 0.466 e. The fourth-order valence-corrected chi connectivity index (χ4v) is 5.96. The van der Waals surface area contributed by atoms with Crippen LogP contribution in [0.25, 0.3) is 0 Å². The van der Waals surface area contributed by atoms with Gasteiger partial charge in [0.15, 0.2) is 0 Å². The molecular formula is C15H24O2. The van der Waals surface area contributed by atoms with Crippen molar-refractivity contribution in [3.63, 3.8) is 0 Å². The molecule has 0 heterocycles. The predicted molar refractivity (Wildman–Crippen MR) is 66.5 cm³/mol. The molecule has 2 unspecified atom stereocenters. The van der Waals surface area contributed by atoms with Crippen LogP contribution in [0.3, 0.4) is 0 Å². The molecule has 0 aromatic heterocycles. The maximum Gasteiger partial charge on any atom is 0.312 e. The minimum atomic E-state index is -0.126. The molecule has 0 amide bonds. The van der Waals surface area contributed by atoms with Gasteiger partial charge in [-0.1, -0.05) is 13.8 Å². The van der Waals surface area contributed by atoms with Gasteiger partial charge in [-0.25, -0.2) is 0 Å². The first-order chi connectivity index (χ1) is 7.89. The minimum Gasteiger partial charge on any atom is -0.466 e. The molecule has 0 aromatic rings. The highest BCUT2D eigenvalue weighted by atomic mass is 16.5. The lowest BCUT2D eigenvalue weighted by Crippen LogP contribution is -2.58. The van der Waals surface area contributed by atoms with Crippen molar-refractivity contribution < 1.29 is 9.53 Å². The lowest BCUT2D eigenvalue weighted by atomic mass is 9.40. The highest BCUT2D eigenvalue weighted by Gasteiger charge is 2.63. The van der Waals surface area contributed by atoms with Crippen LogP contribution in [0.5, 0.6) is 0 Å². The van der Waals surface area contributed by atoms with E-state index in [-0.39, 0.29) is 11.4 Å². The first-order valence-corrected chi connectivity index (χ1v) is 7.06. The van der Waals surface area contributed by atoms with Gasteiger partial charge < -0.3 is 4.74 Å². The van der Waals surface area contributed by atoms with Gasteiger partial charge in [0.1, 0.15) is 0 Å². The van der Waals surface area contributed by atoms with Crippen LogP contribution in [-0.2, 0) is 9.53 Å². The Hall–Kier alpha value is -0.530. The fraction of sp³-hybridized carbons (Fsp3) is 0.933. The van der Waals surface area contributed by atoms with Gasteiger partial charge in [0.05, 0.1) is 12.0 Å². The molecule has 96 valence electrons. The Morgan fingerprint density at radius 2 is 1.71 bits per heavy atom. The third-order valence-electron chi connectivity index (χ3n) is 5.33. The Morgan fingerprint density at radius 1 is 1.12 bits per heavy atom. The molecule has 4 atom stereocenters. The van der Waals surface area contributed by atoms with E-state index in [2.05, 4.69) is 13.8 Å². The molecule has 4 fully saturated rings. The van der Waals surface area contributed by atoms with E-state index in [1.807, 2.05) is 6.92 Å². The molecule has 4 aliphatic carbocycles. The standard InChI is InChI=1S/C15H24O2/c1-4-17-12(16)15-7-11-5-13(2,9-15)8-14(3,6-11)10-15/h11H,4-10H2,1-3H3/t11?,13-,14+,15?. The Morgan fingerprint density at radius 3 is 2.18 bits per heavy atom. The molecule has 0 N–H and O–H groups in total. The summed E-state index contributed by atoms with van der Waals surface area (Å²) in [5, 5.41) is 0. The average Bonchev–Trinajstić information content (AvgIpc) is 2.11. The van der Waals surface area contributed by atoms with Crippen molar-refractivity contribution in [1.29, 1.82) is 0 Å². The van der Waals surface area contributed by atoms with Gasteiger partial charge in [-0.05, 0) is 62.2 Å². The maximum absolute atomic E-state index is 12.4. The predicted octanol–water partition coefficient (Wildman–Crippen LogP) is 3.55. The molecule has 4 rings (SSSR count). The Bertz CT molecular complexity index is 342. The highest BCUT2D eigenvalue weighted by Crippen LogP contribution is 2.69. The second-order valence-electron chi connectivity index (χ2n) is 7.63. The van der Waals surface area contributed by atoms with Gasteiger partial charge >= 0.3 is 5.97 Å². The monoisotopic (exact) mass is 236 g/mol. The van der Waals surface area contributed by atoms with Crippen molar-refractivity contribution in [2.24, 2.45) is 22.2 Å². The molecular weight excluding hydrogens is 212 g/mol. The van der Waals surface area contributed by atoms with E-state index in [4.69, 9.17) is 4.74 Å². The van der Waals surface area contributed by atoms with E-state index >= 15 is 0 Å². The average molecular weight is 236 g/mol. The topological polar surface area (TPSA) is 26.3 Å². The second-order valence-corrected chi connectivity index (χ2v) is 7.63. The Balaban J connectivity index is 1.94. The quantitative estimate of drug-likeness (QED) is 0.685. The first-order valence-electron chi connectivity index (χ1n) is 7.06. The van der Waals surface area contributed by atoms with Crippen LogP contribution in [0.15, 0.2) is 0 Å². The number of carbonyl (C=O) groups is 1. The van der Waals surface area contributed by atoms with E-state index in [1.165, 1.54) is 19.3 Å². The van der Waals surface area contributed by atoms with Crippen molar-refractivity contribution in [3.05, 3.63) is 0 Å². The molecule has 17 heavy (non-hydrogen) atoms. The lowest BCUT2D eigenvalue weighted by Gasteiger charge is -2.64. The lowest BCUT2D eigenvalue weighted by molar-refractivity contribution is -0.190. The number of rotatable bonds is 2. The summed E-state index contributed by atoms with van der Waals surface area (Å²) in [5.74, 6) is 0.868. The van der Waals surface area contributed by atoms with Gasteiger partial charge in [-0.2, -0.15) is 0 Å². The summed E-state index contributed by atoms with van der Waals surface area (Å²) in [6.45, 7) is 7.23. The molecule has 2 heteroatoms. The molecule has 0 aromatic carbocycles. The van der Waals surface area contributed by atoms with Crippen molar-refractivity contribution in [2.45, 2.75) is 59.3 Å². The van der Waals surface area contributed by atoms with Gasteiger partial charge in [-0.3, -0.25) is 4.79 Å². The summed E-state index contributed by atoms with van der Waals surface area (Å²) >= 11 is 0. The number of hydrogen-bond donors (Lipinski definition) is 0. The summed E-state index contributed by atoms with van der Waals surface area (Å²) in [5.41, 5.74) is 0.681. The minimum absolute atomic E-state index is 0.0987. The number of hydrogen-bond acceptors (Lipinski definition) is 2. The van der Waals surface area contributed by atoms with E-state index < -0.39 is 0 Å². The maximum atomic E-state index is 12.4. The van der Waals surface area contributed by atoms with Gasteiger partial charge in [0.25, 0.3) is 0 Å². The van der Waals surface area contributed by atoms with Crippen LogP contribution in [0.1, 0.15) is 59.3 Å². The van der Waals surface area contributed by atoms with Crippen molar-refractivity contribution in [3.8, 4) is 0 Å². The smallest absolute Gasteiger partial charge is 0.312 e. The van der Waals surface area contributed by atoms with Gasteiger partial charge in [0.2, 0.25) is 0 Å². The van der Waals surface area contributed by atoms with Crippen LogP contribution < -0.4 is 0 Å². The molecule has 2 nitrogen and oxygen atoms in total. The summed E-state index contributed by atoms with van der Waals surface area (Å²) in [6.07, 6.45) is 7.23. The molecule has 0 saturated heterocycles. The molecule has 4 saturated carbocycles. The number of ether oxygens (including phenoxy) is 1. The summed E-state index contributed by atoms with van der Waals surface area (Å²) in [6, 6.07) is 0. The van der Waals surface area contributed by atoms with Crippen molar-refractivity contribution in [2.75, 3.05) is 6.61 Å². The highest BCUT2D eigenvalue weighted by molar-refractivity contribution is 5.77. The molecule has 4 aliphatic rings.